The van der Waals surface area contributed by atoms with E-state index in [1.54, 1.807) is 0 Å². The van der Waals surface area contributed by atoms with Crippen LogP contribution >= 0.6 is 0 Å². The molecule has 2 fully saturated rings. The van der Waals surface area contributed by atoms with Crippen LogP contribution in [0.25, 0.3) is 0 Å². The fourth-order valence-electron chi connectivity index (χ4n) is 2.97. The Labute approximate surface area is 98.6 Å². The highest BCUT2D eigenvalue weighted by Crippen LogP contribution is 2.23. The highest BCUT2D eigenvalue weighted by atomic mass is 16.2. The van der Waals surface area contributed by atoms with E-state index in [9.17, 15) is 4.79 Å². The summed E-state index contributed by atoms with van der Waals surface area (Å²) in [6, 6.07) is 0. The Balaban J connectivity index is 1.73. The van der Waals surface area contributed by atoms with Crippen LogP contribution < -0.4 is 5.32 Å². The molecule has 2 aliphatic rings. The normalized spacial score (nSPS) is 29.9. The summed E-state index contributed by atoms with van der Waals surface area (Å²) in [5, 5.41) is 3.33. The summed E-state index contributed by atoms with van der Waals surface area (Å²) in [6.07, 6.45) is 5.71. The lowest BCUT2D eigenvalue weighted by molar-refractivity contribution is -0.131. The summed E-state index contributed by atoms with van der Waals surface area (Å²) in [7, 11) is 0. The minimum Gasteiger partial charge on any atom is -0.342 e. The molecule has 2 unspecified atom stereocenters. The van der Waals surface area contributed by atoms with Crippen molar-refractivity contribution < 1.29 is 4.79 Å². The topological polar surface area (TPSA) is 32.3 Å². The van der Waals surface area contributed by atoms with E-state index in [4.69, 9.17) is 0 Å². The first kappa shape index (κ1) is 11.9. The number of rotatable bonds is 4. The number of carbonyl (C=O) groups excluding carboxylic acids is 1. The van der Waals surface area contributed by atoms with Gasteiger partial charge in [0.25, 0.3) is 0 Å². The molecule has 92 valence electrons. The van der Waals surface area contributed by atoms with E-state index in [2.05, 4.69) is 17.1 Å². The Bertz CT molecular complexity index is 236. The summed E-state index contributed by atoms with van der Waals surface area (Å²) in [5.74, 6) is 1.76. The number of hydrogen-bond donors (Lipinski definition) is 1. The van der Waals surface area contributed by atoms with E-state index in [1.807, 2.05) is 0 Å². The van der Waals surface area contributed by atoms with Crippen LogP contribution in [-0.2, 0) is 4.79 Å². The maximum atomic E-state index is 12.0. The smallest absolute Gasteiger partial charge is 0.222 e. The van der Waals surface area contributed by atoms with Crippen LogP contribution in [0.15, 0.2) is 0 Å². The average Bonchev–Trinajstić information content (AvgIpc) is 2.89. The maximum Gasteiger partial charge on any atom is 0.222 e. The van der Waals surface area contributed by atoms with Crippen molar-refractivity contribution >= 4 is 5.91 Å². The molecule has 0 radical (unpaired) electrons. The number of amides is 1. The molecule has 2 atom stereocenters. The van der Waals surface area contributed by atoms with Crippen molar-refractivity contribution in [2.45, 2.75) is 39.0 Å². The van der Waals surface area contributed by atoms with Crippen LogP contribution in [0, 0.1) is 11.8 Å². The molecular formula is C13H24N2O. The first-order valence-corrected chi connectivity index (χ1v) is 6.78. The highest BCUT2D eigenvalue weighted by Gasteiger charge is 2.27. The van der Waals surface area contributed by atoms with Crippen molar-refractivity contribution in [1.29, 1.82) is 0 Å². The van der Waals surface area contributed by atoms with Gasteiger partial charge in [-0.1, -0.05) is 13.3 Å². The number of nitrogens with zero attached hydrogens (tertiary/aromatic N) is 1. The van der Waals surface area contributed by atoms with Crippen LogP contribution in [0.5, 0.6) is 0 Å². The van der Waals surface area contributed by atoms with Crippen molar-refractivity contribution in [3.8, 4) is 0 Å². The molecule has 0 aromatic carbocycles. The Morgan fingerprint density at radius 3 is 2.94 bits per heavy atom. The van der Waals surface area contributed by atoms with E-state index in [0.29, 0.717) is 11.8 Å². The van der Waals surface area contributed by atoms with Crippen LogP contribution in [0.4, 0.5) is 0 Å². The van der Waals surface area contributed by atoms with E-state index < -0.39 is 0 Å². The molecule has 3 nitrogen and oxygen atoms in total. The van der Waals surface area contributed by atoms with Crippen LogP contribution in [0.3, 0.4) is 0 Å². The lowest BCUT2D eigenvalue weighted by Gasteiger charge is -2.18. The number of hydrogen-bond acceptors (Lipinski definition) is 2. The van der Waals surface area contributed by atoms with Gasteiger partial charge in [0.05, 0.1) is 0 Å². The van der Waals surface area contributed by atoms with E-state index in [-0.39, 0.29) is 0 Å². The number of nitrogens with one attached hydrogen (secondary N) is 1. The third-order valence-corrected chi connectivity index (χ3v) is 3.96. The molecule has 1 amide bonds. The summed E-state index contributed by atoms with van der Waals surface area (Å²) in [5.41, 5.74) is 0. The molecule has 0 aromatic rings. The first-order valence-electron chi connectivity index (χ1n) is 6.78. The second-order valence-electron chi connectivity index (χ2n) is 5.35. The third-order valence-electron chi connectivity index (χ3n) is 3.96. The molecule has 0 aliphatic carbocycles. The van der Waals surface area contributed by atoms with Gasteiger partial charge in [0, 0.05) is 19.5 Å². The minimum absolute atomic E-state index is 0.396. The Hall–Kier alpha value is -0.570. The van der Waals surface area contributed by atoms with Gasteiger partial charge >= 0.3 is 0 Å². The molecule has 1 N–H and O–H groups in total. The molecule has 2 heterocycles. The molecule has 0 aromatic heterocycles. The molecule has 16 heavy (non-hydrogen) atoms. The molecule has 0 saturated carbocycles. The third kappa shape index (κ3) is 2.97. The predicted molar refractivity (Wildman–Crippen MR) is 65.2 cm³/mol. The maximum absolute atomic E-state index is 12.0. The van der Waals surface area contributed by atoms with Crippen LogP contribution in [-0.4, -0.2) is 37.0 Å². The van der Waals surface area contributed by atoms with Crippen molar-refractivity contribution in [3.05, 3.63) is 0 Å². The monoisotopic (exact) mass is 224 g/mol. The van der Waals surface area contributed by atoms with Gasteiger partial charge in [-0.2, -0.15) is 0 Å². The molecular weight excluding hydrogens is 200 g/mol. The van der Waals surface area contributed by atoms with Gasteiger partial charge in [-0.15, -0.1) is 0 Å². The standard InChI is InChI=1S/C13H24N2O/c1-2-3-11-5-7-15(10-11)13(16)8-12-4-6-14-9-12/h11-12,14H,2-10H2,1H3. The fourth-order valence-corrected chi connectivity index (χ4v) is 2.97. The molecule has 2 rings (SSSR count). The SMILES string of the molecule is CCCC1CCN(C(=O)CC2CCNC2)C1. The van der Waals surface area contributed by atoms with Gasteiger partial charge in [-0.25, -0.2) is 0 Å². The first-order chi connectivity index (χ1) is 7.79. The van der Waals surface area contributed by atoms with Crippen molar-refractivity contribution in [2.75, 3.05) is 26.2 Å². The zero-order valence-corrected chi connectivity index (χ0v) is 10.4. The summed E-state index contributed by atoms with van der Waals surface area (Å²) >= 11 is 0. The fraction of sp³-hybridized carbons (Fsp3) is 0.923. The average molecular weight is 224 g/mol. The second kappa shape index (κ2) is 5.67. The zero-order chi connectivity index (χ0) is 11.4. The van der Waals surface area contributed by atoms with Gasteiger partial charge in [0.2, 0.25) is 5.91 Å². The molecule has 2 aliphatic heterocycles. The predicted octanol–water partition coefficient (Wildman–Crippen LogP) is 1.63. The lowest BCUT2D eigenvalue weighted by Crippen LogP contribution is -2.30. The quantitative estimate of drug-likeness (QED) is 0.787. The van der Waals surface area contributed by atoms with Crippen LogP contribution in [0.1, 0.15) is 39.0 Å². The van der Waals surface area contributed by atoms with Crippen molar-refractivity contribution in [1.82, 2.24) is 10.2 Å². The van der Waals surface area contributed by atoms with Gasteiger partial charge in [-0.3, -0.25) is 4.79 Å². The summed E-state index contributed by atoms with van der Waals surface area (Å²) in [6.45, 7) is 6.39. The summed E-state index contributed by atoms with van der Waals surface area (Å²) < 4.78 is 0. The van der Waals surface area contributed by atoms with E-state index in [1.165, 1.54) is 25.7 Å². The molecule has 3 heteroatoms. The summed E-state index contributed by atoms with van der Waals surface area (Å²) in [4.78, 5) is 14.1. The second-order valence-corrected chi connectivity index (χ2v) is 5.35. The van der Waals surface area contributed by atoms with Gasteiger partial charge < -0.3 is 10.2 Å². The molecule has 0 spiro atoms. The van der Waals surface area contributed by atoms with E-state index in [0.717, 1.165) is 38.5 Å². The number of carbonyl (C=O) groups is 1. The molecule has 2 saturated heterocycles. The van der Waals surface area contributed by atoms with Gasteiger partial charge in [-0.05, 0) is 44.2 Å². The molecule has 0 bridgehead atoms. The van der Waals surface area contributed by atoms with Gasteiger partial charge in [0.15, 0.2) is 0 Å². The Kier molecular flexibility index (Phi) is 4.22. The minimum atomic E-state index is 0.396. The lowest BCUT2D eigenvalue weighted by atomic mass is 10.0. The van der Waals surface area contributed by atoms with Crippen molar-refractivity contribution in [3.63, 3.8) is 0 Å². The largest absolute Gasteiger partial charge is 0.342 e. The van der Waals surface area contributed by atoms with E-state index >= 15 is 0 Å². The number of likely N-dealkylation sites (tertiary alicyclic amines) is 1. The van der Waals surface area contributed by atoms with Crippen LogP contribution in [0.2, 0.25) is 0 Å². The highest BCUT2D eigenvalue weighted by molar-refractivity contribution is 5.76. The Morgan fingerprint density at radius 2 is 2.25 bits per heavy atom. The van der Waals surface area contributed by atoms with Crippen molar-refractivity contribution in [2.24, 2.45) is 11.8 Å². The zero-order valence-electron chi connectivity index (χ0n) is 10.4. The Morgan fingerprint density at radius 1 is 1.38 bits per heavy atom. The van der Waals surface area contributed by atoms with Gasteiger partial charge in [0.1, 0.15) is 0 Å².